The van der Waals surface area contributed by atoms with Crippen molar-refractivity contribution in [2.24, 2.45) is 5.92 Å². The second-order valence-electron chi connectivity index (χ2n) is 4.06. The summed E-state index contributed by atoms with van der Waals surface area (Å²) >= 11 is 0. The third kappa shape index (κ3) is 2.43. The van der Waals surface area contributed by atoms with Crippen molar-refractivity contribution in [3.8, 4) is 0 Å². The van der Waals surface area contributed by atoms with Gasteiger partial charge in [0.1, 0.15) is 0 Å². The summed E-state index contributed by atoms with van der Waals surface area (Å²) in [5, 5.41) is 2.01. The molecule has 0 amide bonds. The number of fused-ring (bicyclic) bond motifs is 1. The second-order valence-corrected chi connectivity index (χ2v) is 4.06. The summed E-state index contributed by atoms with van der Waals surface area (Å²) in [5.41, 5.74) is 1.45. The Hall–Kier alpha value is -1.31. The Labute approximate surface area is 96.7 Å². The highest BCUT2D eigenvalue weighted by Crippen LogP contribution is 2.16. The lowest BCUT2D eigenvalue weighted by molar-refractivity contribution is 0.795. The van der Waals surface area contributed by atoms with Gasteiger partial charge in [0.2, 0.25) is 0 Å². The summed E-state index contributed by atoms with van der Waals surface area (Å²) in [7, 11) is 0. The van der Waals surface area contributed by atoms with Crippen LogP contribution in [0.4, 0.5) is 0 Å². The molecule has 2 heteroatoms. The van der Waals surface area contributed by atoms with Crippen molar-refractivity contribution < 1.29 is 0 Å². The van der Waals surface area contributed by atoms with E-state index in [0.717, 1.165) is 23.3 Å². The van der Waals surface area contributed by atoms with Gasteiger partial charge in [-0.05, 0) is 30.0 Å². The van der Waals surface area contributed by atoms with Gasteiger partial charge >= 0.3 is 0 Å². The number of aromatic amines is 1. The number of pyridine rings is 1. The van der Waals surface area contributed by atoms with E-state index in [4.69, 9.17) is 0 Å². The predicted molar refractivity (Wildman–Crippen MR) is 69.6 cm³/mol. The quantitative estimate of drug-likeness (QED) is 0.767. The van der Waals surface area contributed by atoms with Gasteiger partial charge in [0, 0.05) is 11.4 Å². The molecular formula is C14H21NO. The first-order chi connectivity index (χ1) is 7.70. The highest BCUT2D eigenvalue weighted by atomic mass is 16.1. The lowest BCUT2D eigenvalue weighted by atomic mass is 9.92. The molecule has 0 unspecified atom stereocenters. The fraction of sp³-hybridized carbons (Fsp3) is 0.500. The Morgan fingerprint density at radius 2 is 2.00 bits per heavy atom. The first kappa shape index (κ1) is 12.8. The number of rotatable bonds is 1. The Kier molecular flexibility index (Phi) is 4.53. The highest BCUT2D eigenvalue weighted by molar-refractivity contribution is 5.51. The van der Waals surface area contributed by atoms with Gasteiger partial charge in [-0.25, -0.2) is 0 Å². The van der Waals surface area contributed by atoms with Crippen LogP contribution < -0.4 is 16.0 Å². The zero-order valence-electron chi connectivity index (χ0n) is 10.6. The van der Waals surface area contributed by atoms with Crippen molar-refractivity contribution in [3.63, 3.8) is 0 Å². The molecule has 2 nitrogen and oxygen atoms in total. The monoisotopic (exact) mass is 219 g/mol. The zero-order valence-corrected chi connectivity index (χ0v) is 10.6. The molecule has 0 radical (unpaired) electrons. The predicted octanol–water partition coefficient (Wildman–Crippen LogP) is 1.78. The third-order valence-corrected chi connectivity index (χ3v) is 2.80. The van der Waals surface area contributed by atoms with Crippen LogP contribution in [-0.2, 0) is 0 Å². The van der Waals surface area contributed by atoms with E-state index in [1.807, 2.05) is 26.0 Å². The molecule has 1 aliphatic carbocycles. The van der Waals surface area contributed by atoms with Crippen molar-refractivity contribution in [2.75, 3.05) is 0 Å². The summed E-state index contributed by atoms with van der Waals surface area (Å²) in [6.07, 6.45) is 5.87. The number of hydrogen-bond donors (Lipinski definition) is 1. The van der Waals surface area contributed by atoms with Crippen molar-refractivity contribution in [3.05, 3.63) is 33.1 Å². The average Bonchev–Trinajstić information content (AvgIpc) is 2.31. The van der Waals surface area contributed by atoms with Crippen LogP contribution in [0.15, 0.2) is 17.1 Å². The molecule has 0 bridgehead atoms. The van der Waals surface area contributed by atoms with Crippen molar-refractivity contribution in [1.29, 1.82) is 0 Å². The largest absolute Gasteiger partial charge is 0.329 e. The van der Waals surface area contributed by atoms with Crippen LogP contribution in [0.2, 0.25) is 0 Å². The van der Waals surface area contributed by atoms with E-state index < -0.39 is 0 Å². The summed E-state index contributed by atoms with van der Waals surface area (Å²) in [6, 6.07) is 2.02. The molecule has 0 atom stereocenters. The van der Waals surface area contributed by atoms with Crippen LogP contribution in [0.3, 0.4) is 0 Å². The molecule has 88 valence electrons. The molecule has 0 saturated carbocycles. The first-order valence-corrected chi connectivity index (χ1v) is 6.11. The summed E-state index contributed by atoms with van der Waals surface area (Å²) in [4.78, 5) is 14.3. The minimum atomic E-state index is 0.0420. The molecule has 1 aromatic rings. The van der Waals surface area contributed by atoms with Crippen LogP contribution in [0.25, 0.3) is 11.6 Å². The summed E-state index contributed by atoms with van der Waals surface area (Å²) in [6.45, 7) is 8.37. The second kappa shape index (κ2) is 5.69. The summed E-state index contributed by atoms with van der Waals surface area (Å²) < 4.78 is 0. The highest BCUT2D eigenvalue weighted by Gasteiger charge is 2.08. The molecule has 0 saturated heterocycles. The molecule has 2 rings (SSSR count). The minimum absolute atomic E-state index is 0.0420. The fourth-order valence-corrected chi connectivity index (χ4v) is 2.08. The molecule has 0 aliphatic heterocycles. The Morgan fingerprint density at radius 3 is 2.62 bits per heavy atom. The van der Waals surface area contributed by atoms with Gasteiger partial charge in [0.05, 0.1) is 0 Å². The maximum absolute atomic E-state index is 11.5. The standard InChI is InChI=1S/C12H15NO.C2H6/c1-8(2)9-4-3-5-11-10(9)6-7-13-12(11)14;1-2/h5-8H,3-4H2,1-2H3,(H,13,14);1-2H3. The molecule has 16 heavy (non-hydrogen) atoms. The van der Waals surface area contributed by atoms with Gasteiger partial charge in [0.25, 0.3) is 5.56 Å². The van der Waals surface area contributed by atoms with Crippen molar-refractivity contribution in [2.45, 2.75) is 40.5 Å². The van der Waals surface area contributed by atoms with Crippen LogP contribution in [-0.4, -0.2) is 4.98 Å². The zero-order chi connectivity index (χ0) is 12.1. The number of hydrogen-bond acceptors (Lipinski definition) is 1. The lowest BCUT2D eigenvalue weighted by Crippen LogP contribution is -2.43. The number of aromatic nitrogens is 1. The Bertz CT molecular complexity index is 508. The van der Waals surface area contributed by atoms with Gasteiger partial charge in [-0.1, -0.05) is 39.3 Å². The lowest BCUT2D eigenvalue weighted by Gasteiger charge is -2.13. The average molecular weight is 219 g/mol. The van der Waals surface area contributed by atoms with Gasteiger partial charge in [0.15, 0.2) is 0 Å². The molecule has 1 N–H and O–H groups in total. The van der Waals surface area contributed by atoms with E-state index in [9.17, 15) is 4.79 Å². The van der Waals surface area contributed by atoms with Gasteiger partial charge in [-0.15, -0.1) is 0 Å². The maximum Gasteiger partial charge on any atom is 0.255 e. The van der Waals surface area contributed by atoms with Gasteiger partial charge in [-0.3, -0.25) is 4.79 Å². The van der Waals surface area contributed by atoms with Crippen LogP contribution in [0, 0.1) is 5.92 Å². The smallest absolute Gasteiger partial charge is 0.255 e. The van der Waals surface area contributed by atoms with E-state index in [-0.39, 0.29) is 5.56 Å². The molecule has 0 aromatic carbocycles. The molecule has 1 aliphatic rings. The fourth-order valence-electron chi connectivity index (χ4n) is 2.08. The van der Waals surface area contributed by atoms with Crippen molar-refractivity contribution >= 4 is 11.6 Å². The third-order valence-electron chi connectivity index (χ3n) is 2.80. The van der Waals surface area contributed by atoms with Crippen molar-refractivity contribution in [1.82, 2.24) is 4.98 Å². The topological polar surface area (TPSA) is 32.9 Å². The molecule has 0 fully saturated rings. The van der Waals surface area contributed by atoms with E-state index in [1.165, 1.54) is 5.57 Å². The molecular weight excluding hydrogens is 198 g/mol. The van der Waals surface area contributed by atoms with Crippen LogP contribution >= 0.6 is 0 Å². The van der Waals surface area contributed by atoms with Gasteiger partial charge < -0.3 is 4.98 Å². The first-order valence-electron chi connectivity index (χ1n) is 6.11. The van der Waals surface area contributed by atoms with E-state index >= 15 is 0 Å². The Balaban J connectivity index is 0.000000606. The normalized spacial score (nSPS) is 13.7. The Morgan fingerprint density at radius 1 is 1.31 bits per heavy atom. The SMILES string of the molecule is CC.CC(C)C1=c2cc[nH]c(=O)c2=CCC1. The van der Waals surface area contributed by atoms with E-state index in [2.05, 4.69) is 18.8 Å². The number of H-pyrrole nitrogens is 1. The van der Waals surface area contributed by atoms with E-state index in [0.29, 0.717) is 5.92 Å². The van der Waals surface area contributed by atoms with Crippen LogP contribution in [0.5, 0.6) is 0 Å². The van der Waals surface area contributed by atoms with E-state index in [1.54, 1.807) is 6.20 Å². The van der Waals surface area contributed by atoms with Crippen LogP contribution in [0.1, 0.15) is 40.5 Å². The molecule has 0 spiro atoms. The molecule has 1 heterocycles. The maximum atomic E-state index is 11.5. The molecule has 1 aromatic heterocycles. The summed E-state index contributed by atoms with van der Waals surface area (Å²) in [5.74, 6) is 0.532. The minimum Gasteiger partial charge on any atom is -0.329 e. The van der Waals surface area contributed by atoms with Gasteiger partial charge in [-0.2, -0.15) is 0 Å². The number of nitrogens with one attached hydrogen (secondary N) is 1.